The number of aliphatic hydroxyl groups is 1. The molecule has 1 heterocycles. The van der Waals surface area contributed by atoms with Gasteiger partial charge in [-0.15, -0.1) is 0 Å². The Kier molecular flexibility index (Phi) is 8.74. The van der Waals surface area contributed by atoms with Crippen LogP contribution in [0.5, 0.6) is 11.5 Å². The smallest absolute Gasteiger partial charge is 0.411 e. The van der Waals surface area contributed by atoms with Gasteiger partial charge in [-0.1, -0.05) is 30.3 Å². The number of nitrogens with one attached hydrogen (secondary N) is 1. The highest BCUT2D eigenvalue weighted by Gasteiger charge is 2.41. The Morgan fingerprint density at radius 3 is 2.26 bits per heavy atom. The van der Waals surface area contributed by atoms with Crippen molar-refractivity contribution < 1.29 is 38.3 Å². The molecule has 0 saturated carbocycles. The minimum Gasteiger partial charge on any atom is -0.493 e. The van der Waals surface area contributed by atoms with Gasteiger partial charge in [0.1, 0.15) is 18.8 Å². The Hall–Kier alpha value is -4.48. The number of nitro groups is 1. The van der Waals surface area contributed by atoms with Crippen molar-refractivity contribution in [2.24, 2.45) is 0 Å². The van der Waals surface area contributed by atoms with Crippen molar-refractivity contribution in [2.45, 2.75) is 26.1 Å². The number of nitro benzene ring substituents is 1. The number of ether oxygens (including phenoxy) is 3. The number of benzene rings is 3. The van der Waals surface area contributed by atoms with Crippen molar-refractivity contribution in [1.29, 1.82) is 0 Å². The Bertz CT molecular complexity index is 1320. The minimum absolute atomic E-state index is 0.0736. The van der Waals surface area contributed by atoms with E-state index in [4.69, 9.17) is 14.2 Å². The number of aliphatic hydroxyl groups excluding tert-OH is 1. The first-order chi connectivity index (χ1) is 18.8. The van der Waals surface area contributed by atoms with Gasteiger partial charge in [0.2, 0.25) is 0 Å². The van der Waals surface area contributed by atoms with Gasteiger partial charge in [0.25, 0.3) is 5.69 Å². The molecule has 2 N–H and O–H groups in total. The maximum absolute atomic E-state index is 13.7. The van der Waals surface area contributed by atoms with Crippen LogP contribution in [0.4, 0.5) is 16.2 Å². The fraction of sp³-hybridized carbons (Fsp3) is 0.286. The maximum atomic E-state index is 13.7. The highest BCUT2D eigenvalue weighted by atomic mass is 16.6. The number of hydrogen-bond acceptors (Lipinski definition) is 8. The molecule has 1 saturated heterocycles. The fourth-order valence-electron chi connectivity index (χ4n) is 4.46. The molecule has 3 aromatic carbocycles. The number of likely N-dealkylation sites (tertiary alicyclic amines) is 1. The molecule has 0 aromatic heterocycles. The molecule has 0 radical (unpaired) electrons. The van der Waals surface area contributed by atoms with E-state index in [-0.39, 0.29) is 47.3 Å². The van der Waals surface area contributed by atoms with E-state index in [9.17, 15) is 24.8 Å². The first kappa shape index (κ1) is 27.6. The van der Waals surface area contributed by atoms with E-state index in [2.05, 4.69) is 5.32 Å². The van der Waals surface area contributed by atoms with Crippen LogP contribution < -0.4 is 14.8 Å². The SMILES string of the molecule is COc1cc(C(=O)[N+]2(CO)CCCC2)c(NC(=O)OCc2ccc([N+](=O)[O-])cc2)cc1OCc1ccccc1. The van der Waals surface area contributed by atoms with Crippen LogP contribution in [-0.4, -0.2) is 53.4 Å². The van der Waals surface area contributed by atoms with Crippen LogP contribution in [0.25, 0.3) is 0 Å². The van der Waals surface area contributed by atoms with Crippen LogP contribution in [0.2, 0.25) is 0 Å². The topological polar surface area (TPSA) is 137 Å². The summed E-state index contributed by atoms with van der Waals surface area (Å²) in [4.78, 5) is 36.8. The van der Waals surface area contributed by atoms with Gasteiger partial charge in [-0.3, -0.25) is 15.4 Å². The largest absolute Gasteiger partial charge is 0.493 e. The summed E-state index contributed by atoms with van der Waals surface area (Å²) in [5, 5.41) is 23.6. The third kappa shape index (κ3) is 6.51. The van der Waals surface area contributed by atoms with Crippen LogP contribution in [0.15, 0.2) is 66.7 Å². The molecule has 0 unspecified atom stereocenters. The van der Waals surface area contributed by atoms with Crippen LogP contribution in [0.1, 0.15) is 34.3 Å². The first-order valence-corrected chi connectivity index (χ1v) is 12.4. The average molecular weight is 537 g/mol. The average Bonchev–Trinajstić information content (AvgIpc) is 3.46. The summed E-state index contributed by atoms with van der Waals surface area (Å²) in [6.07, 6.45) is 0.752. The number of amides is 2. The highest BCUT2D eigenvalue weighted by molar-refractivity contribution is 6.00. The van der Waals surface area contributed by atoms with E-state index in [0.29, 0.717) is 30.2 Å². The van der Waals surface area contributed by atoms with Gasteiger partial charge in [-0.05, 0) is 23.3 Å². The number of carbonyl (C=O) groups excluding carboxylic acids is 2. The second-order valence-electron chi connectivity index (χ2n) is 9.19. The Morgan fingerprint density at radius 1 is 0.974 bits per heavy atom. The van der Waals surface area contributed by atoms with Crippen molar-refractivity contribution in [3.05, 3.63) is 93.5 Å². The number of rotatable bonds is 10. The van der Waals surface area contributed by atoms with Crippen molar-refractivity contribution in [3.8, 4) is 11.5 Å². The van der Waals surface area contributed by atoms with Crippen molar-refractivity contribution in [3.63, 3.8) is 0 Å². The van der Waals surface area contributed by atoms with E-state index >= 15 is 0 Å². The summed E-state index contributed by atoms with van der Waals surface area (Å²) in [7, 11) is 1.46. The number of quaternary nitrogens is 1. The zero-order chi connectivity index (χ0) is 27.8. The number of hydrogen-bond donors (Lipinski definition) is 2. The molecule has 1 aliphatic heterocycles. The lowest BCUT2D eigenvalue weighted by molar-refractivity contribution is -0.856. The summed E-state index contributed by atoms with van der Waals surface area (Å²) in [6.45, 7) is 0.682. The summed E-state index contributed by atoms with van der Waals surface area (Å²) >= 11 is 0. The predicted molar refractivity (Wildman–Crippen MR) is 141 cm³/mol. The first-order valence-electron chi connectivity index (χ1n) is 12.4. The standard InChI is InChI=1S/C28H29N3O8/c1-37-25-15-23(27(33)31(19-32)13-5-6-14-31)24(16-26(25)38-17-20-7-3-2-4-8-20)29-28(34)39-18-21-9-11-22(12-10-21)30(35)36/h2-4,7-12,15-16,32H,5-6,13-14,17-19H2,1H3/p+1. The van der Waals surface area contributed by atoms with Crippen molar-refractivity contribution in [1.82, 2.24) is 0 Å². The molecular weight excluding hydrogens is 506 g/mol. The van der Waals surface area contributed by atoms with Gasteiger partial charge >= 0.3 is 12.0 Å². The molecule has 0 spiro atoms. The van der Waals surface area contributed by atoms with Crippen LogP contribution in [-0.2, 0) is 18.0 Å². The Balaban J connectivity index is 1.59. The lowest BCUT2D eigenvalue weighted by Gasteiger charge is -2.29. The van der Waals surface area contributed by atoms with Gasteiger partial charge in [0.05, 0.1) is 30.8 Å². The number of methoxy groups -OCH3 is 1. The van der Waals surface area contributed by atoms with E-state index in [1.807, 2.05) is 30.3 Å². The molecule has 204 valence electrons. The number of non-ortho nitro benzene ring substituents is 1. The molecule has 1 fully saturated rings. The quantitative estimate of drug-likeness (QED) is 0.217. The molecule has 0 aliphatic carbocycles. The lowest BCUT2D eigenvalue weighted by atomic mass is 10.1. The molecule has 0 atom stereocenters. The molecule has 11 heteroatoms. The Morgan fingerprint density at radius 2 is 1.64 bits per heavy atom. The van der Waals surface area contributed by atoms with Gasteiger partial charge in [-0.25, -0.2) is 14.1 Å². The lowest BCUT2D eigenvalue weighted by Crippen LogP contribution is -2.51. The number of nitrogens with zero attached hydrogens (tertiary/aromatic N) is 2. The fourth-order valence-corrected chi connectivity index (χ4v) is 4.46. The minimum atomic E-state index is -0.835. The van der Waals surface area contributed by atoms with Gasteiger partial charge in [0, 0.05) is 37.1 Å². The highest BCUT2D eigenvalue weighted by Crippen LogP contribution is 2.37. The zero-order valence-electron chi connectivity index (χ0n) is 21.5. The third-order valence-corrected chi connectivity index (χ3v) is 6.65. The van der Waals surface area contributed by atoms with Gasteiger partial charge in [0.15, 0.2) is 18.2 Å². The van der Waals surface area contributed by atoms with E-state index in [0.717, 1.165) is 18.4 Å². The molecule has 4 rings (SSSR count). The van der Waals surface area contributed by atoms with Crippen molar-refractivity contribution >= 4 is 23.4 Å². The van der Waals surface area contributed by atoms with E-state index in [1.165, 1.54) is 43.5 Å². The second-order valence-corrected chi connectivity index (χ2v) is 9.19. The van der Waals surface area contributed by atoms with Crippen LogP contribution in [0, 0.1) is 10.1 Å². The monoisotopic (exact) mass is 536 g/mol. The number of carbonyl (C=O) groups is 2. The molecular formula is C28H30N3O8+. The van der Waals surface area contributed by atoms with Crippen LogP contribution >= 0.6 is 0 Å². The molecule has 3 aromatic rings. The molecule has 1 aliphatic rings. The summed E-state index contributed by atoms with van der Waals surface area (Å²) in [5.41, 5.74) is 1.70. The predicted octanol–water partition coefficient (Wildman–Crippen LogP) is 4.63. The van der Waals surface area contributed by atoms with E-state index < -0.39 is 11.0 Å². The Labute approximate surface area is 225 Å². The third-order valence-electron chi connectivity index (χ3n) is 6.65. The van der Waals surface area contributed by atoms with E-state index in [1.54, 1.807) is 0 Å². The molecule has 39 heavy (non-hydrogen) atoms. The van der Waals surface area contributed by atoms with Crippen molar-refractivity contribution in [2.75, 3.05) is 32.2 Å². The number of anilines is 1. The summed E-state index contributed by atoms with van der Waals surface area (Å²) in [6, 6.07) is 18.1. The molecule has 0 bridgehead atoms. The summed E-state index contributed by atoms with van der Waals surface area (Å²) in [5.74, 6) is 0.253. The zero-order valence-corrected chi connectivity index (χ0v) is 21.5. The summed E-state index contributed by atoms with van der Waals surface area (Å²) < 4.78 is 16.6. The van der Waals surface area contributed by atoms with Gasteiger partial charge < -0.3 is 19.3 Å². The van der Waals surface area contributed by atoms with Crippen LogP contribution in [0.3, 0.4) is 0 Å². The van der Waals surface area contributed by atoms with Gasteiger partial charge in [-0.2, -0.15) is 0 Å². The molecule has 11 nitrogen and oxygen atoms in total. The molecule has 2 amide bonds. The normalized spacial score (nSPS) is 13.9. The second kappa shape index (κ2) is 12.4. The maximum Gasteiger partial charge on any atom is 0.411 e.